The van der Waals surface area contributed by atoms with Crippen LogP contribution in [0.2, 0.25) is 0 Å². The van der Waals surface area contributed by atoms with E-state index in [9.17, 15) is 14.7 Å². The minimum Gasteiger partial charge on any atom is -0.465 e. The van der Waals surface area contributed by atoms with Gasteiger partial charge in [0.15, 0.2) is 0 Å². The number of imidazole rings is 1. The number of rotatable bonds is 3. The fourth-order valence-corrected chi connectivity index (χ4v) is 4.09. The van der Waals surface area contributed by atoms with Crippen LogP contribution >= 0.6 is 0 Å². The predicted octanol–water partition coefficient (Wildman–Crippen LogP) is 3.66. The standard InChI is InChI=1S/C20H26N4O3/c1-12(2)23(20(26)27)18-8-13(3)24(14(4)25)17-7-6-15(9-16(17)18)19-10-21-11-22(19)5/h6-7,9-13,18H,8H2,1-5H3,(H,26,27)/t13-,18+/m0/s1. The molecule has 7 heteroatoms. The summed E-state index contributed by atoms with van der Waals surface area (Å²) in [5.41, 5.74) is 3.53. The van der Waals surface area contributed by atoms with Crippen LogP contribution in [0.1, 0.15) is 45.7 Å². The Morgan fingerprint density at radius 1 is 1.33 bits per heavy atom. The van der Waals surface area contributed by atoms with Crippen molar-refractivity contribution in [1.29, 1.82) is 0 Å². The number of carboxylic acid groups (broad SMARTS) is 1. The van der Waals surface area contributed by atoms with Crippen molar-refractivity contribution in [3.05, 3.63) is 36.3 Å². The van der Waals surface area contributed by atoms with Crippen molar-refractivity contribution in [3.63, 3.8) is 0 Å². The van der Waals surface area contributed by atoms with Crippen molar-refractivity contribution < 1.29 is 14.7 Å². The SMILES string of the molecule is CC(=O)N1c2ccc(-c3cncn3C)cc2[C@H](N(C(=O)O)C(C)C)C[C@@H]1C. The van der Waals surface area contributed by atoms with Crippen molar-refractivity contribution in [2.24, 2.45) is 7.05 Å². The van der Waals surface area contributed by atoms with E-state index in [0.717, 1.165) is 22.5 Å². The Kier molecular flexibility index (Phi) is 4.95. The molecule has 1 aliphatic heterocycles. The molecule has 3 rings (SSSR count). The van der Waals surface area contributed by atoms with Gasteiger partial charge in [-0.3, -0.25) is 9.69 Å². The van der Waals surface area contributed by atoms with Crippen LogP contribution in [-0.4, -0.2) is 43.6 Å². The molecule has 0 saturated heterocycles. The number of carbonyl (C=O) groups excluding carboxylic acids is 1. The van der Waals surface area contributed by atoms with E-state index in [1.165, 1.54) is 4.90 Å². The first-order chi connectivity index (χ1) is 12.7. The first-order valence-corrected chi connectivity index (χ1v) is 9.14. The van der Waals surface area contributed by atoms with Gasteiger partial charge in [0.25, 0.3) is 0 Å². The molecule has 2 atom stereocenters. The van der Waals surface area contributed by atoms with Gasteiger partial charge in [-0.05, 0) is 44.9 Å². The van der Waals surface area contributed by atoms with Crippen LogP contribution in [0.25, 0.3) is 11.3 Å². The molecule has 0 fully saturated rings. The van der Waals surface area contributed by atoms with Gasteiger partial charge in [0.05, 0.1) is 24.3 Å². The molecule has 144 valence electrons. The second-order valence-electron chi connectivity index (χ2n) is 7.44. The van der Waals surface area contributed by atoms with E-state index in [1.54, 1.807) is 24.3 Å². The van der Waals surface area contributed by atoms with E-state index in [1.807, 2.05) is 50.6 Å². The summed E-state index contributed by atoms with van der Waals surface area (Å²) < 4.78 is 1.92. The van der Waals surface area contributed by atoms with Gasteiger partial charge >= 0.3 is 6.09 Å². The van der Waals surface area contributed by atoms with Crippen LogP contribution in [0.3, 0.4) is 0 Å². The number of hydrogen-bond acceptors (Lipinski definition) is 3. The molecule has 0 bridgehead atoms. The highest BCUT2D eigenvalue weighted by Gasteiger charge is 2.38. The lowest BCUT2D eigenvalue weighted by Gasteiger charge is -2.43. The highest BCUT2D eigenvalue weighted by Crippen LogP contribution is 2.43. The molecule has 0 spiro atoms. The number of amides is 2. The number of aryl methyl sites for hydroxylation is 1. The second-order valence-corrected chi connectivity index (χ2v) is 7.44. The molecule has 2 amide bonds. The third-order valence-electron chi connectivity index (χ3n) is 5.22. The zero-order valence-corrected chi connectivity index (χ0v) is 16.4. The van der Waals surface area contributed by atoms with E-state index >= 15 is 0 Å². The first kappa shape index (κ1) is 18.9. The van der Waals surface area contributed by atoms with Crippen molar-refractivity contribution in [2.45, 2.75) is 52.2 Å². The maximum atomic E-state index is 12.3. The third kappa shape index (κ3) is 3.29. The average molecular weight is 370 g/mol. The summed E-state index contributed by atoms with van der Waals surface area (Å²) in [5.74, 6) is -0.0399. The number of anilines is 1. The quantitative estimate of drug-likeness (QED) is 0.894. The topological polar surface area (TPSA) is 78.7 Å². The summed E-state index contributed by atoms with van der Waals surface area (Å²) in [6.07, 6.45) is 3.12. The Bertz CT molecular complexity index is 874. The summed E-state index contributed by atoms with van der Waals surface area (Å²) in [5, 5.41) is 9.81. The normalized spacial score (nSPS) is 19.1. The minimum atomic E-state index is -0.949. The van der Waals surface area contributed by atoms with Crippen LogP contribution in [0.5, 0.6) is 0 Å². The Labute approximate surface area is 159 Å². The lowest BCUT2D eigenvalue weighted by Crippen LogP contribution is -2.48. The van der Waals surface area contributed by atoms with Gasteiger partial charge in [0.2, 0.25) is 5.91 Å². The van der Waals surface area contributed by atoms with Crippen molar-refractivity contribution >= 4 is 17.7 Å². The van der Waals surface area contributed by atoms with Crippen LogP contribution < -0.4 is 4.90 Å². The van der Waals surface area contributed by atoms with Gasteiger partial charge < -0.3 is 14.6 Å². The smallest absolute Gasteiger partial charge is 0.408 e. The third-order valence-corrected chi connectivity index (χ3v) is 5.22. The summed E-state index contributed by atoms with van der Waals surface area (Å²) in [7, 11) is 1.92. The Morgan fingerprint density at radius 3 is 2.56 bits per heavy atom. The number of hydrogen-bond donors (Lipinski definition) is 1. The van der Waals surface area contributed by atoms with Crippen molar-refractivity contribution in [1.82, 2.24) is 14.5 Å². The van der Waals surface area contributed by atoms with E-state index in [2.05, 4.69) is 4.98 Å². The molecule has 0 saturated carbocycles. The van der Waals surface area contributed by atoms with E-state index in [-0.39, 0.29) is 24.0 Å². The van der Waals surface area contributed by atoms with E-state index < -0.39 is 6.09 Å². The van der Waals surface area contributed by atoms with Crippen molar-refractivity contribution in [3.8, 4) is 11.3 Å². The molecule has 1 N–H and O–H groups in total. The number of aromatic nitrogens is 2. The highest BCUT2D eigenvalue weighted by atomic mass is 16.4. The van der Waals surface area contributed by atoms with Crippen molar-refractivity contribution in [2.75, 3.05) is 4.90 Å². The van der Waals surface area contributed by atoms with Crippen LogP contribution in [0.15, 0.2) is 30.7 Å². The zero-order valence-electron chi connectivity index (χ0n) is 16.4. The molecule has 2 heterocycles. The molecular weight excluding hydrogens is 344 g/mol. The fourth-order valence-electron chi connectivity index (χ4n) is 4.09. The van der Waals surface area contributed by atoms with Gasteiger partial charge in [-0.25, -0.2) is 9.78 Å². The molecular formula is C20H26N4O3. The van der Waals surface area contributed by atoms with E-state index in [0.29, 0.717) is 6.42 Å². The predicted molar refractivity (Wildman–Crippen MR) is 104 cm³/mol. The fraction of sp³-hybridized carbons (Fsp3) is 0.450. The largest absolute Gasteiger partial charge is 0.465 e. The zero-order chi connectivity index (χ0) is 19.9. The monoisotopic (exact) mass is 370 g/mol. The molecule has 1 aliphatic rings. The lowest BCUT2D eigenvalue weighted by molar-refractivity contribution is -0.117. The molecule has 1 aromatic heterocycles. The van der Waals surface area contributed by atoms with Gasteiger partial charge in [-0.2, -0.15) is 0 Å². The van der Waals surface area contributed by atoms with Gasteiger partial charge in [-0.15, -0.1) is 0 Å². The van der Waals surface area contributed by atoms with Crippen LogP contribution in [0, 0.1) is 0 Å². The minimum absolute atomic E-state index is 0.0399. The average Bonchev–Trinajstić information content (AvgIpc) is 2.99. The summed E-state index contributed by atoms with van der Waals surface area (Å²) >= 11 is 0. The van der Waals surface area contributed by atoms with Gasteiger partial charge in [-0.1, -0.05) is 6.07 Å². The second kappa shape index (κ2) is 7.06. The molecule has 2 aromatic rings. The van der Waals surface area contributed by atoms with Crippen LogP contribution in [-0.2, 0) is 11.8 Å². The lowest BCUT2D eigenvalue weighted by atomic mass is 9.88. The summed E-state index contributed by atoms with van der Waals surface area (Å²) in [4.78, 5) is 31.7. The maximum Gasteiger partial charge on any atom is 0.408 e. The Morgan fingerprint density at radius 2 is 2.04 bits per heavy atom. The Hall–Kier alpha value is -2.83. The molecule has 0 unspecified atom stereocenters. The first-order valence-electron chi connectivity index (χ1n) is 9.14. The highest BCUT2D eigenvalue weighted by molar-refractivity contribution is 5.94. The number of benzene rings is 1. The number of fused-ring (bicyclic) bond motifs is 1. The molecule has 27 heavy (non-hydrogen) atoms. The Balaban J connectivity index is 2.19. The van der Waals surface area contributed by atoms with Gasteiger partial charge in [0, 0.05) is 37.3 Å². The van der Waals surface area contributed by atoms with Crippen LogP contribution in [0.4, 0.5) is 10.5 Å². The number of nitrogens with zero attached hydrogens (tertiary/aromatic N) is 4. The molecule has 1 aromatic carbocycles. The maximum absolute atomic E-state index is 12.3. The molecule has 0 radical (unpaired) electrons. The summed E-state index contributed by atoms with van der Waals surface area (Å²) in [6.45, 7) is 7.27. The summed E-state index contributed by atoms with van der Waals surface area (Å²) in [6, 6.07) is 5.32. The van der Waals surface area contributed by atoms with E-state index in [4.69, 9.17) is 0 Å². The molecule has 0 aliphatic carbocycles. The molecule has 7 nitrogen and oxygen atoms in total. The number of carbonyl (C=O) groups is 2. The van der Waals surface area contributed by atoms with Gasteiger partial charge in [0.1, 0.15) is 0 Å².